The molecule has 1 amide bonds. The smallest absolute Gasteiger partial charge is 0.343 e. The number of carbonyl (C=O) groups excluding carboxylic acids is 1. The van der Waals surface area contributed by atoms with E-state index in [1.807, 2.05) is 67.4 Å². The summed E-state index contributed by atoms with van der Waals surface area (Å²) in [6.07, 6.45) is 4.21. The lowest BCUT2D eigenvalue weighted by atomic mass is 10.0. The fourth-order valence-corrected chi connectivity index (χ4v) is 6.93. The van der Waals surface area contributed by atoms with E-state index in [4.69, 9.17) is 21.1 Å². The first-order valence-corrected chi connectivity index (χ1v) is 18.1. The van der Waals surface area contributed by atoms with Crippen LogP contribution in [-0.2, 0) is 26.1 Å². The Kier molecular flexibility index (Phi) is 10.9. The number of ether oxygens (including phenoxy) is 2. The first-order chi connectivity index (χ1) is 25.3. The minimum absolute atomic E-state index is 0.00381. The number of hydrogen-bond acceptors (Lipinski definition) is 9. The number of benzene rings is 3. The minimum Gasteiger partial charge on any atom is -0.490 e. The molecule has 0 saturated carbocycles. The van der Waals surface area contributed by atoms with Gasteiger partial charge in [0.2, 0.25) is 0 Å². The SMILES string of the molecule is CC(C)N(Cc1ccccc1)C(=O)c1cc(F)ccc1Oc1nnc(Cl)c(N2CCC(Oc3ccnc4c3CN(Cc3ccccc3)CC4)CC2)n1. The van der Waals surface area contributed by atoms with E-state index in [1.165, 1.54) is 23.8 Å². The first kappa shape index (κ1) is 35.3. The summed E-state index contributed by atoms with van der Waals surface area (Å²) in [5.74, 6) is 0.498. The van der Waals surface area contributed by atoms with Crippen LogP contribution in [0.1, 0.15) is 59.4 Å². The second-order valence-electron chi connectivity index (χ2n) is 13.4. The van der Waals surface area contributed by atoms with E-state index in [0.717, 1.165) is 61.5 Å². The van der Waals surface area contributed by atoms with Gasteiger partial charge in [-0.15, -0.1) is 5.10 Å². The van der Waals surface area contributed by atoms with E-state index < -0.39 is 5.82 Å². The molecule has 0 radical (unpaired) electrons. The van der Waals surface area contributed by atoms with Crippen molar-refractivity contribution in [3.63, 3.8) is 0 Å². The van der Waals surface area contributed by atoms with E-state index in [1.54, 1.807) is 4.90 Å². The third kappa shape index (κ3) is 8.32. The Bertz CT molecular complexity index is 1990. The highest BCUT2D eigenvalue weighted by Gasteiger charge is 2.28. The number of nitrogens with zero attached hydrogens (tertiary/aromatic N) is 7. The fourth-order valence-electron chi connectivity index (χ4n) is 6.73. The third-order valence-electron chi connectivity index (χ3n) is 9.50. The fraction of sp³-hybridized carbons (Fsp3) is 0.325. The molecule has 0 atom stereocenters. The van der Waals surface area contributed by atoms with Gasteiger partial charge < -0.3 is 19.3 Å². The number of anilines is 1. The number of piperidine rings is 1. The molecule has 0 bridgehead atoms. The van der Waals surface area contributed by atoms with Crippen molar-refractivity contribution >= 4 is 23.3 Å². The molecular weight excluding hydrogens is 681 g/mol. The molecule has 4 heterocycles. The number of amides is 1. The normalized spacial score (nSPS) is 15.0. The summed E-state index contributed by atoms with van der Waals surface area (Å²) >= 11 is 6.52. The highest BCUT2D eigenvalue weighted by molar-refractivity contribution is 6.31. The van der Waals surface area contributed by atoms with Crippen molar-refractivity contribution in [1.29, 1.82) is 0 Å². The summed E-state index contributed by atoms with van der Waals surface area (Å²) in [6, 6.07) is 25.7. The van der Waals surface area contributed by atoms with Crippen LogP contribution in [0.5, 0.6) is 17.5 Å². The summed E-state index contributed by atoms with van der Waals surface area (Å²) in [7, 11) is 0. The molecular formula is C40H41ClFN7O3. The van der Waals surface area contributed by atoms with Gasteiger partial charge in [0, 0.05) is 82.0 Å². The van der Waals surface area contributed by atoms with Crippen LogP contribution in [0.3, 0.4) is 0 Å². The molecule has 0 aliphatic carbocycles. The van der Waals surface area contributed by atoms with Crippen molar-refractivity contribution in [3.05, 3.63) is 130 Å². The zero-order chi connectivity index (χ0) is 36.0. The van der Waals surface area contributed by atoms with Crippen LogP contribution in [0.25, 0.3) is 0 Å². The molecule has 0 unspecified atom stereocenters. The Morgan fingerprint density at radius 2 is 1.67 bits per heavy atom. The molecule has 3 aromatic carbocycles. The molecule has 268 valence electrons. The average Bonchev–Trinajstić information content (AvgIpc) is 3.16. The Morgan fingerprint density at radius 3 is 2.40 bits per heavy atom. The monoisotopic (exact) mass is 721 g/mol. The summed E-state index contributed by atoms with van der Waals surface area (Å²) in [5, 5.41) is 8.29. The second-order valence-corrected chi connectivity index (χ2v) is 13.8. The van der Waals surface area contributed by atoms with Crippen LogP contribution >= 0.6 is 11.6 Å². The molecule has 5 aromatic rings. The summed E-state index contributed by atoms with van der Waals surface area (Å²) in [6.45, 7) is 8.07. The van der Waals surface area contributed by atoms with Crippen molar-refractivity contribution in [1.82, 2.24) is 30.0 Å². The van der Waals surface area contributed by atoms with E-state index in [0.29, 0.717) is 25.5 Å². The van der Waals surface area contributed by atoms with Gasteiger partial charge >= 0.3 is 6.01 Å². The zero-order valence-electron chi connectivity index (χ0n) is 29.3. The van der Waals surface area contributed by atoms with Crippen molar-refractivity contribution in [3.8, 4) is 17.5 Å². The Labute approximate surface area is 308 Å². The molecule has 2 aromatic heterocycles. The highest BCUT2D eigenvalue weighted by atomic mass is 35.5. The van der Waals surface area contributed by atoms with Gasteiger partial charge in [0.05, 0.1) is 5.56 Å². The van der Waals surface area contributed by atoms with Crippen LogP contribution < -0.4 is 14.4 Å². The van der Waals surface area contributed by atoms with Gasteiger partial charge in [-0.1, -0.05) is 77.4 Å². The number of carbonyl (C=O) groups is 1. The van der Waals surface area contributed by atoms with Crippen LogP contribution in [0.4, 0.5) is 10.2 Å². The average molecular weight is 722 g/mol. The largest absolute Gasteiger partial charge is 0.490 e. The van der Waals surface area contributed by atoms with Gasteiger partial charge in [-0.3, -0.25) is 14.7 Å². The molecule has 7 rings (SSSR count). The molecule has 0 N–H and O–H groups in total. The quantitative estimate of drug-likeness (QED) is 0.137. The predicted molar refractivity (Wildman–Crippen MR) is 197 cm³/mol. The minimum atomic E-state index is -0.558. The Balaban J connectivity index is 1.02. The molecule has 52 heavy (non-hydrogen) atoms. The van der Waals surface area contributed by atoms with Gasteiger partial charge in [0.25, 0.3) is 5.91 Å². The topological polar surface area (TPSA) is 96.8 Å². The van der Waals surface area contributed by atoms with E-state index in [-0.39, 0.29) is 40.5 Å². The first-order valence-electron chi connectivity index (χ1n) is 17.7. The number of halogens is 2. The van der Waals surface area contributed by atoms with Crippen molar-refractivity contribution < 1.29 is 18.7 Å². The zero-order valence-corrected chi connectivity index (χ0v) is 30.0. The van der Waals surface area contributed by atoms with Gasteiger partial charge in [0.1, 0.15) is 23.4 Å². The third-order valence-corrected chi connectivity index (χ3v) is 9.74. The van der Waals surface area contributed by atoms with Crippen molar-refractivity contribution in [2.24, 2.45) is 0 Å². The second kappa shape index (κ2) is 16.0. The number of pyridine rings is 1. The van der Waals surface area contributed by atoms with Gasteiger partial charge in [-0.2, -0.15) is 4.98 Å². The summed E-state index contributed by atoms with van der Waals surface area (Å²) in [4.78, 5) is 29.2. The summed E-state index contributed by atoms with van der Waals surface area (Å²) in [5.41, 5.74) is 4.57. The van der Waals surface area contributed by atoms with Gasteiger partial charge in [0.15, 0.2) is 11.0 Å². The van der Waals surface area contributed by atoms with Crippen molar-refractivity contribution in [2.45, 2.75) is 64.9 Å². The summed E-state index contributed by atoms with van der Waals surface area (Å²) < 4.78 is 27.2. The lowest BCUT2D eigenvalue weighted by molar-refractivity contribution is 0.0687. The molecule has 1 fully saturated rings. The van der Waals surface area contributed by atoms with Crippen molar-refractivity contribution in [2.75, 3.05) is 24.5 Å². The molecule has 2 aliphatic heterocycles. The lowest BCUT2D eigenvalue weighted by Gasteiger charge is -2.34. The number of fused-ring (bicyclic) bond motifs is 1. The molecule has 12 heteroatoms. The van der Waals surface area contributed by atoms with E-state index in [2.05, 4.69) is 49.3 Å². The van der Waals surface area contributed by atoms with Crippen LogP contribution in [0.15, 0.2) is 91.1 Å². The maximum atomic E-state index is 14.5. The van der Waals surface area contributed by atoms with Crippen LogP contribution in [-0.4, -0.2) is 67.7 Å². The number of hydrogen-bond donors (Lipinski definition) is 0. The molecule has 2 aliphatic rings. The number of aromatic nitrogens is 4. The molecule has 0 spiro atoms. The Hall–Kier alpha value is -5.13. The highest BCUT2D eigenvalue weighted by Crippen LogP contribution is 2.33. The molecule has 10 nitrogen and oxygen atoms in total. The van der Waals surface area contributed by atoms with Crippen LogP contribution in [0, 0.1) is 5.82 Å². The predicted octanol–water partition coefficient (Wildman–Crippen LogP) is 7.51. The Morgan fingerprint density at radius 1 is 0.942 bits per heavy atom. The molecule has 1 saturated heterocycles. The van der Waals surface area contributed by atoms with Gasteiger partial charge in [-0.25, -0.2) is 4.39 Å². The lowest BCUT2D eigenvalue weighted by Crippen LogP contribution is -2.39. The maximum Gasteiger partial charge on any atom is 0.343 e. The van der Waals surface area contributed by atoms with Crippen LogP contribution in [0.2, 0.25) is 5.15 Å². The standard InChI is InChI=1S/C40H41ClFN7O3/c1-27(2)49(25-29-11-7-4-8-12-29)39(50)32-23-30(42)13-14-35(32)52-40-44-38(37(41)45-46-40)48-21-16-31(17-22-48)51-36-15-19-43-34-18-20-47(26-33(34)36)24-28-9-5-3-6-10-28/h3-15,19,23,27,31H,16-18,20-22,24-26H2,1-2H3. The maximum absolute atomic E-state index is 14.5. The number of rotatable bonds is 11. The van der Waals surface area contributed by atoms with E-state index >= 15 is 0 Å². The van der Waals surface area contributed by atoms with Gasteiger partial charge in [-0.05, 0) is 49.2 Å². The van der Waals surface area contributed by atoms with E-state index in [9.17, 15) is 9.18 Å².